The normalized spacial score (nSPS) is 14.5. The number of hydrogen-bond donors (Lipinski definition) is 0. The molecular formula is C11H13BrN4. The van der Waals surface area contributed by atoms with Crippen molar-refractivity contribution < 1.29 is 0 Å². The number of nitriles is 1. The lowest BCUT2D eigenvalue weighted by Crippen LogP contribution is -2.28. The fourth-order valence-electron chi connectivity index (χ4n) is 1.57. The minimum atomic E-state index is 0.528. The van der Waals surface area contributed by atoms with Crippen LogP contribution in [0.3, 0.4) is 0 Å². The summed E-state index contributed by atoms with van der Waals surface area (Å²) in [6.45, 7) is 0.731. The molecule has 0 aliphatic heterocycles. The minimum Gasteiger partial charge on any atom is -0.337 e. The maximum atomic E-state index is 8.62. The third-order valence-corrected chi connectivity index (χ3v) is 3.20. The first-order chi connectivity index (χ1) is 7.85. The Morgan fingerprint density at radius 1 is 1.44 bits per heavy atom. The molecule has 0 radical (unpaired) electrons. The quantitative estimate of drug-likeness (QED) is 0.777. The molecule has 1 aliphatic rings. The van der Waals surface area contributed by atoms with Crippen LogP contribution in [0.2, 0.25) is 0 Å². The standard InChI is InChI=1S/C11H13BrN4/c12-6-9-7-14-11(15-8-9)16(5-1-4-13)10-2-3-10/h7-8,10H,1-3,5-6H2. The summed E-state index contributed by atoms with van der Waals surface area (Å²) in [6, 6.07) is 2.71. The molecule has 1 aromatic rings. The molecule has 1 aliphatic carbocycles. The molecule has 0 N–H and O–H groups in total. The topological polar surface area (TPSA) is 52.8 Å². The summed E-state index contributed by atoms with van der Waals surface area (Å²) < 4.78 is 0. The van der Waals surface area contributed by atoms with Crippen LogP contribution in [0, 0.1) is 11.3 Å². The lowest BCUT2D eigenvalue weighted by Gasteiger charge is -2.20. The van der Waals surface area contributed by atoms with Crippen LogP contribution in [0.5, 0.6) is 0 Å². The summed E-state index contributed by atoms with van der Waals surface area (Å²) in [4.78, 5) is 10.8. The van der Waals surface area contributed by atoms with E-state index in [1.807, 2.05) is 12.4 Å². The van der Waals surface area contributed by atoms with Crippen LogP contribution in [0.1, 0.15) is 24.8 Å². The number of alkyl halides is 1. The first-order valence-electron chi connectivity index (χ1n) is 5.35. The first kappa shape index (κ1) is 11.3. The lowest BCUT2D eigenvalue weighted by atomic mass is 10.4. The van der Waals surface area contributed by atoms with E-state index in [-0.39, 0.29) is 0 Å². The van der Waals surface area contributed by atoms with Gasteiger partial charge in [0.05, 0.1) is 12.5 Å². The van der Waals surface area contributed by atoms with E-state index < -0.39 is 0 Å². The van der Waals surface area contributed by atoms with E-state index in [9.17, 15) is 0 Å². The van der Waals surface area contributed by atoms with E-state index in [0.717, 1.165) is 23.4 Å². The van der Waals surface area contributed by atoms with Gasteiger partial charge in [-0.1, -0.05) is 15.9 Å². The van der Waals surface area contributed by atoms with Crippen molar-refractivity contribution in [1.82, 2.24) is 9.97 Å². The third kappa shape index (κ3) is 2.70. The summed E-state index contributed by atoms with van der Waals surface area (Å²) in [7, 11) is 0. The lowest BCUT2D eigenvalue weighted by molar-refractivity contribution is 0.758. The van der Waals surface area contributed by atoms with Crippen molar-refractivity contribution in [3.8, 4) is 6.07 Å². The average Bonchev–Trinajstić information content (AvgIpc) is 3.15. The van der Waals surface area contributed by atoms with Gasteiger partial charge in [0.15, 0.2) is 0 Å². The molecule has 0 spiro atoms. The first-order valence-corrected chi connectivity index (χ1v) is 6.47. The average molecular weight is 281 g/mol. The molecule has 1 saturated carbocycles. The largest absolute Gasteiger partial charge is 0.337 e. The zero-order chi connectivity index (χ0) is 11.4. The van der Waals surface area contributed by atoms with Gasteiger partial charge in [-0.25, -0.2) is 9.97 Å². The van der Waals surface area contributed by atoms with Gasteiger partial charge in [0.2, 0.25) is 5.95 Å². The van der Waals surface area contributed by atoms with E-state index >= 15 is 0 Å². The second kappa shape index (κ2) is 5.26. The molecule has 0 aromatic carbocycles. The molecule has 0 unspecified atom stereocenters. The number of halogens is 1. The molecule has 5 heteroatoms. The molecule has 0 atom stereocenters. The van der Waals surface area contributed by atoms with Gasteiger partial charge in [-0.2, -0.15) is 5.26 Å². The van der Waals surface area contributed by atoms with Gasteiger partial charge in [-0.05, 0) is 18.4 Å². The predicted molar refractivity (Wildman–Crippen MR) is 65.3 cm³/mol. The van der Waals surface area contributed by atoms with Gasteiger partial charge in [-0.3, -0.25) is 0 Å². The second-order valence-corrected chi connectivity index (χ2v) is 4.42. The van der Waals surface area contributed by atoms with Crippen molar-refractivity contribution in [3.63, 3.8) is 0 Å². The molecule has 1 aromatic heterocycles. The second-order valence-electron chi connectivity index (χ2n) is 3.86. The van der Waals surface area contributed by atoms with Crippen molar-refractivity contribution in [2.45, 2.75) is 30.6 Å². The maximum Gasteiger partial charge on any atom is 0.225 e. The number of anilines is 1. The molecule has 1 fully saturated rings. The Morgan fingerprint density at radius 2 is 2.12 bits per heavy atom. The summed E-state index contributed by atoms with van der Waals surface area (Å²) in [5.41, 5.74) is 1.07. The van der Waals surface area contributed by atoms with E-state index in [0.29, 0.717) is 12.5 Å². The number of aromatic nitrogens is 2. The Hall–Kier alpha value is -1.15. The van der Waals surface area contributed by atoms with Crippen molar-refractivity contribution >= 4 is 21.9 Å². The zero-order valence-corrected chi connectivity index (χ0v) is 10.5. The van der Waals surface area contributed by atoms with Crippen LogP contribution >= 0.6 is 15.9 Å². The highest BCUT2D eigenvalue weighted by atomic mass is 79.9. The summed E-state index contributed by atoms with van der Waals surface area (Å²) in [5.74, 6) is 0.752. The van der Waals surface area contributed by atoms with Crippen molar-refractivity contribution in [2.24, 2.45) is 0 Å². The van der Waals surface area contributed by atoms with E-state index in [2.05, 4.69) is 36.9 Å². The van der Waals surface area contributed by atoms with Gasteiger partial charge in [0, 0.05) is 30.3 Å². The fourth-order valence-corrected chi connectivity index (χ4v) is 1.86. The molecule has 0 saturated heterocycles. The molecular weight excluding hydrogens is 268 g/mol. The molecule has 0 amide bonds. The van der Waals surface area contributed by atoms with E-state index in [1.165, 1.54) is 12.8 Å². The van der Waals surface area contributed by atoms with Crippen LogP contribution in [-0.2, 0) is 5.33 Å². The number of rotatable bonds is 5. The highest BCUT2D eigenvalue weighted by Crippen LogP contribution is 2.29. The zero-order valence-electron chi connectivity index (χ0n) is 8.93. The van der Waals surface area contributed by atoms with Crippen molar-refractivity contribution in [2.75, 3.05) is 11.4 Å². The third-order valence-electron chi connectivity index (χ3n) is 2.56. The van der Waals surface area contributed by atoms with Crippen LogP contribution in [-0.4, -0.2) is 22.6 Å². The number of hydrogen-bond acceptors (Lipinski definition) is 4. The highest BCUT2D eigenvalue weighted by molar-refractivity contribution is 9.08. The fraction of sp³-hybridized carbons (Fsp3) is 0.545. The summed E-state index contributed by atoms with van der Waals surface area (Å²) in [6.07, 6.45) is 6.57. The molecule has 1 heterocycles. The maximum absolute atomic E-state index is 8.62. The molecule has 4 nitrogen and oxygen atoms in total. The number of nitrogens with zero attached hydrogens (tertiary/aromatic N) is 4. The van der Waals surface area contributed by atoms with E-state index in [4.69, 9.17) is 5.26 Å². The van der Waals surface area contributed by atoms with Gasteiger partial charge >= 0.3 is 0 Å². The monoisotopic (exact) mass is 280 g/mol. The Bertz CT molecular complexity index is 380. The smallest absolute Gasteiger partial charge is 0.225 e. The van der Waals surface area contributed by atoms with Crippen LogP contribution < -0.4 is 4.90 Å². The SMILES string of the molecule is N#CCCN(c1ncc(CBr)cn1)C1CC1. The molecule has 2 rings (SSSR count). The Balaban J connectivity index is 2.08. The Labute approximate surface area is 103 Å². The minimum absolute atomic E-state index is 0.528. The Morgan fingerprint density at radius 3 is 2.62 bits per heavy atom. The highest BCUT2D eigenvalue weighted by Gasteiger charge is 2.30. The molecule has 0 bridgehead atoms. The van der Waals surface area contributed by atoms with E-state index in [1.54, 1.807) is 0 Å². The van der Waals surface area contributed by atoms with Crippen LogP contribution in [0.4, 0.5) is 5.95 Å². The summed E-state index contributed by atoms with van der Waals surface area (Å²) in [5, 5.41) is 9.40. The van der Waals surface area contributed by atoms with Gasteiger partial charge < -0.3 is 4.90 Å². The van der Waals surface area contributed by atoms with Gasteiger partial charge in [0.25, 0.3) is 0 Å². The predicted octanol–water partition coefficient (Wildman–Crippen LogP) is 2.25. The van der Waals surface area contributed by atoms with Crippen LogP contribution in [0.15, 0.2) is 12.4 Å². The molecule has 84 valence electrons. The molecule has 16 heavy (non-hydrogen) atoms. The van der Waals surface area contributed by atoms with Crippen LogP contribution in [0.25, 0.3) is 0 Å². The van der Waals surface area contributed by atoms with Crippen molar-refractivity contribution in [3.05, 3.63) is 18.0 Å². The van der Waals surface area contributed by atoms with Gasteiger partial charge in [0.1, 0.15) is 0 Å². The summed E-state index contributed by atoms with van der Waals surface area (Å²) >= 11 is 3.37. The van der Waals surface area contributed by atoms with Crippen molar-refractivity contribution in [1.29, 1.82) is 5.26 Å². The Kier molecular flexibility index (Phi) is 3.73. The van der Waals surface area contributed by atoms with Gasteiger partial charge in [-0.15, -0.1) is 0 Å².